The molecular formula is C33H23N3. The van der Waals surface area contributed by atoms with Gasteiger partial charge in [-0.25, -0.2) is 15.0 Å². The largest absolute Gasteiger partial charge is 0.208 e. The normalized spacial score (nSPS) is 10.8. The van der Waals surface area contributed by atoms with E-state index in [4.69, 9.17) is 15.0 Å². The molecule has 0 unspecified atom stereocenters. The molecule has 0 bridgehead atoms. The highest BCUT2D eigenvalue weighted by atomic mass is 15.0. The van der Waals surface area contributed by atoms with Crippen molar-refractivity contribution < 1.29 is 0 Å². The van der Waals surface area contributed by atoms with Crippen LogP contribution in [0.4, 0.5) is 0 Å². The van der Waals surface area contributed by atoms with E-state index in [1.165, 1.54) is 0 Å². The molecule has 0 aliphatic rings. The van der Waals surface area contributed by atoms with Crippen molar-refractivity contribution in [3.05, 3.63) is 140 Å². The average Bonchev–Trinajstić information content (AvgIpc) is 2.98. The van der Waals surface area contributed by atoms with Gasteiger partial charge in [-0.1, -0.05) is 121 Å². The van der Waals surface area contributed by atoms with Gasteiger partial charge in [0.2, 0.25) is 0 Å². The average molecular weight is 462 g/mol. The molecule has 3 heteroatoms. The zero-order valence-electron chi connectivity index (χ0n) is 19.6. The Morgan fingerprint density at radius 1 is 0.250 bits per heavy atom. The van der Waals surface area contributed by atoms with Gasteiger partial charge in [-0.05, 0) is 40.5 Å². The Labute approximate surface area is 210 Å². The molecule has 0 amide bonds. The lowest BCUT2D eigenvalue weighted by Crippen LogP contribution is -2.00. The van der Waals surface area contributed by atoms with Crippen LogP contribution in [0.3, 0.4) is 0 Å². The molecule has 0 saturated heterocycles. The predicted octanol–water partition coefficient (Wildman–Crippen LogP) is 8.21. The first-order valence-corrected chi connectivity index (χ1v) is 12.0. The van der Waals surface area contributed by atoms with E-state index < -0.39 is 0 Å². The molecule has 0 spiro atoms. The van der Waals surface area contributed by atoms with Crippen LogP contribution in [-0.4, -0.2) is 15.0 Å². The third-order valence-electron chi connectivity index (χ3n) is 6.10. The molecule has 0 radical (unpaired) electrons. The second kappa shape index (κ2) is 9.77. The lowest BCUT2D eigenvalue weighted by Gasteiger charge is -2.12. The highest BCUT2D eigenvalue weighted by Crippen LogP contribution is 2.33. The molecule has 36 heavy (non-hydrogen) atoms. The molecule has 3 nitrogen and oxygen atoms in total. The van der Waals surface area contributed by atoms with E-state index in [-0.39, 0.29) is 0 Å². The van der Waals surface area contributed by atoms with Gasteiger partial charge >= 0.3 is 0 Å². The summed E-state index contributed by atoms with van der Waals surface area (Å²) in [6.07, 6.45) is 0. The zero-order valence-corrected chi connectivity index (χ0v) is 19.6. The zero-order chi connectivity index (χ0) is 24.2. The van der Waals surface area contributed by atoms with Gasteiger partial charge in [0.1, 0.15) is 0 Å². The maximum absolute atomic E-state index is 4.95. The van der Waals surface area contributed by atoms with Crippen LogP contribution in [0.2, 0.25) is 0 Å². The number of benzene rings is 5. The fraction of sp³-hybridized carbons (Fsp3) is 0. The molecule has 0 atom stereocenters. The first-order chi connectivity index (χ1) is 17.8. The van der Waals surface area contributed by atoms with E-state index >= 15 is 0 Å². The summed E-state index contributed by atoms with van der Waals surface area (Å²) in [4.78, 5) is 14.7. The molecule has 0 saturated carbocycles. The second-order valence-corrected chi connectivity index (χ2v) is 8.57. The molecule has 1 aromatic heterocycles. The van der Waals surface area contributed by atoms with Crippen molar-refractivity contribution in [3.63, 3.8) is 0 Å². The monoisotopic (exact) mass is 461 g/mol. The van der Waals surface area contributed by atoms with Gasteiger partial charge in [0.05, 0.1) is 0 Å². The molecule has 6 rings (SSSR count). The van der Waals surface area contributed by atoms with Crippen molar-refractivity contribution in [2.24, 2.45) is 0 Å². The van der Waals surface area contributed by atoms with Crippen LogP contribution < -0.4 is 0 Å². The van der Waals surface area contributed by atoms with Crippen molar-refractivity contribution in [3.8, 4) is 56.4 Å². The lowest BCUT2D eigenvalue weighted by molar-refractivity contribution is 1.07. The fourth-order valence-electron chi connectivity index (χ4n) is 4.29. The van der Waals surface area contributed by atoms with Gasteiger partial charge in [0, 0.05) is 16.7 Å². The van der Waals surface area contributed by atoms with Crippen molar-refractivity contribution in [1.29, 1.82) is 0 Å². The summed E-state index contributed by atoms with van der Waals surface area (Å²) in [6.45, 7) is 0. The van der Waals surface area contributed by atoms with Crippen molar-refractivity contribution in [1.82, 2.24) is 15.0 Å². The smallest absolute Gasteiger partial charge is 0.164 e. The Kier molecular flexibility index (Phi) is 5.87. The van der Waals surface area contributed by atoms with E-state index in [0.29, 0.717) is 17.5 Å². The van der Waals surface area contributed by atoms with Gasteiger partial charge in [0.25, 0.3) is 0 Å². The Hall–Kier alpha value is -4.89. The molecule has 1 heterocycles. The minimum Gasteiger partial charge on any atom is -0.208 e. The summed E-state index contributed by atoms with van der Waals surface area (Å²) < 4.78 is 0. The number of hydrogen-bond acceptors (Lipinski definition) is 3. The summed E-state index contributed by atoms with van der Waals surface area (Å²) in [5.41, 5.74) is 7.41. The minimum atomic E-state index is 0.651. The number of rotatable bonds is 5. The highest BCUT2D eigenvalue weighted by molar-refractivity contribution is 5.80. The van der Waals surface area contributed by atoms with Crippen LogP contribution >= 0.6 is 0 Å². The molecule has 6 aromatic rings. The standard InChI is InChI=1S/C33H23N3/c1-5-13-24(14-6-1)28-21-29(25-15-7-2-8-16-25)23-30(22-28)33-35-31(26-17-9-3-10-18-26)34-32(36-33)27-19-11-4-12-20-27/h1-23H. The van der Waals surface area contributed by atoms with Gasteiger partial charge in [-0.3, -0.25) is 0 Å². The van der Waals surface area contributed by atoms with E-state index in [0.717, 1.165) is 38.9 Å². The Morgan fingerprint density at radius 3 is 0.889 bits per heavy atom. The maximum atomic E-state index is 4.95. The van der Waals surface area contributed by atoms with Crippen LogP contribution in [0.1, 0.15) is 0 Å². The fourth-order valence-corrected chi connectivity index (χ4v) is 4.29. The van der Waals surface area contributed by atoms with Crippen LogP contribution in [0, 0.1) is 0 Å². The molecule has 5 aromatic carbocycles. The Morgan fingerprint density at radius 2 is 0.528 bits per heavy atom. The van der Waals surface area contributed by atoms with E-state index in [9.17, 15) is 0 Å². The summed E-state index contributed by atoms with van der Waals surface area (Å²) in [5.74, 6) is 1.97. The van der Waals surface area contributed by atoms with E-state index in [2.05, 4.69) is 66.7 Å². The highest BCUT2D eigenvalue weighted by Gasteiger charge is 2.14. The molecule has 0 fully saturated rings. The third kappa shape index (κ3) is 4.55. The van der Waals surface area contributed by atoms with Gasteiger partial charge in [0.15, 0.2) is 17.5 Å². The first-order valence-electron chi connectivity index (χ1n) is 12.0. The van der Waals surface area contributed by atoms with Crippen molar-refractivity contribution in [2.75, 3.05) is 0 Å². The van der Waals surface area contributed by atoms with E-state index in [1.54, 1.807) is 0 Å². The van der Waals surface area contributed by atoms with Crippen molar-refractivity contribution >= 4 is 0 Å². The molecule has 0 N–H and O–H groups in total. The van der Waals surface area contributed by atoms with Crippen LogP contribution in [-0.2, 0) is 0 Å². The Bertz CT molecular complexity index is 1360. The topological polar surface area (TPSA) is 38.7 Å². The van der Waals surface area contributed by atoms with Gasteiger partial charge < -0.3 is 0 Å². The number of nitrogens with zero attached hydrogens (tertiary/aromatic N) is 3. The predicted molar refractivity (Wildman–Crippen MR) is 147 cm³/mol. The third-order valence-corrected chi connectivity index (χ3v) is 6.10. The number of aromatic nitrogens is 3. The van der Waals surface area contributed by atoms with Gasteiger partial charge in [-0.2, -0.15) is 0 Å². The lowest BCUT2D eigenvalue weighted by atomic mass is 9.96. The first kappa shape index (κ1) is 21.6. The van der Waals surface area contributed by atoms with Crippen molar-refractivity contribution in [2.45, 2.75) is 0 Å². The van der Waals surface area contributed by atoms with Crippen LogP contribution in [0.5, 0.6) is 0 Å². The van der Waals surface area contributed by atoms with Crippen LogP contribution in [0.25, 0.3) is 56.4 Å². The van der Waals surface area contributed by atoms with E-state index in [1.807, 2.05) is 72.8 Å². The van der Waals surface area contributed by atoms with Gasteiger partial charge in [-0.15, -0.1) is 0 Å². The number of hydrogen-bond donors (Lipinski definition) is 0. The minimum absolute atomic E-state index is 0.651. The maximum Gasteiger partial charge on any atom is 0.164 e. The second-order valence-electron chi connectivity index (χ2n) is 8.57. The molecular weight excluding hydrogens is 438 g/mol. The summed E-state index contributed by atoms with van der Waals surface area (Å²) in [5, 5.41) is 0. The molecule has 170 valence electrons. The quantitative estimate of drug-likeness (QED) is 0.260. The summed E-state index contributed by atoms with van der Waals surface area (Å²) in [6, 6.07) is 47.6. The van der Waals surface area contributed by atoms with Crippen LogP contribution in [0.15, 0.2) is 140 Å². The molecule has 0 aliphatic carbocycles. The summed E-state index contributed by atoms with van der Waals surface area (Å²) >= 11 is 0. The summed E-state index contributed by atoms with van der Waals surface area (Å²) in [7, 11) is 0. The Balaban J connectivity index is 1.58. The SMILES string of the molecule is c1ccc(-c2cc(-c3ccccc3)cc(-c3nc(-c4ccccc4)nc(-c4ccccc4)n3)c2)cc1. The molecule has 0 aliphatic heterocycles.